The Morgan fingerprint density at radius 3 is 2.67 bits per heavy atom. The first kappa shape index (κ1) is 12.8. The van der Waals surface area contributed by atoms with Crippen LogP contribution in [0.25, 0.3) is 0 Å². The molecule has 2 aromatic rings. The Bertz CT molecular complexity index is 506. The zero-order valence-electron chi connectivity index (χ0n) is 9.97. The van der Waals surface area contributed by atoms with Crippen LogP contribution in [0.1, 0.15) is 12.7 Å². The highest BCUT2D eigenvalue weighted by atomic mass is 35.5. The summed E-state index contributed by atoms with van der Waals surface area (Å²) >= 11 is 5.91. The van der Waals surface area contributed by atoms with E-state index in [0.29, 0.717) is 35.8 Å². The van der Waals surface area contributed by atoms with Gasteiger partial charge in [0.05, 0.1) is 0 Å². The van der Waals surface area contributed by atoms with Gasteiger partial charge in [0.15, 0.2) is 5.82 Å². The molecule has 0 spiro atoms. The van der Waals surface area contributed by atoms with Crippen LogP contribution in [0.5, 0.6) is 11.6 Å². The smallest absolute Gasteiger partial charge is 0.224 e. The first-order valence-corrected chi connectivity index (χ1v) is 6.00. The average molecular weight is 265 g/mol. The first-order chi connectivity index (χ1) is 8.78. The van der Waals surface area contributed by atoms with Crippen LogP contribution in [-0.2, 0) is 11.3 Å². The minimum Gasteiger partial charge on any atom is -0.439 e. The molecule has 0 amide bonds. The Balaban J connectivity index is 2.15. The van der Waals surface area contributed by atoms with Gasteiger partial charge in [-0.1, -0.05) is 29.8 Å². The molecule has 0 radical (unpaired) electrons. The molecule has 0 saturated carbocycles. The lowest BCUT2D eigenvalue weighted by molar-refractivity contribution is 0.128. The summed E-state index contributed by atoms with van der Waals surface area (Å²) in [6.07, 6.45) is 0. The molecule has 94 valence electrons. The molecule has 1 heterocycles. The van der Waals surface area contributed by atoms with E-state index in [-0.39, 0.29) is 0 Å². The fraction of sp³-hybridized carbons (Fsp3) is 0.231. The van der Waals surface area contributed by atoms with Gasteiger partial charge >= 0.3 is 0 Å². The van der Waals surface area contributed by atoms with Gasteiger partial charge in [-0.25, -0.2) is 4.98 Å². The predicted molar refractivity (Wildman–Crippen MR) is 68.9 cm³/mol. The SMILES string of the molecule is CCOCc1nc(Cl)cc(Oc2ccccc2)n1. The molecule has 0 atom stereocenters. The van der Waals surface area contributed by atoms with Gasteiger partial charge in [-0.15, -0.1) is 0 Å². The maximum absolute atomic E-state index is 5.91. The maximum atomic E-state index is 5.91. The lowest BCUT2D eigenvalue weighted by Crippen LogP contribution is -2.00. The van der Waals surface area contributed by atoms with Crippen LogP contribution in [0.15, 0.2) is 36.4 Å². The number of benzene rings is 1. The van der Waals surface area contributed by atoms with Gasteiger partial charge in [-0.2, -0.15) is 4.98 Å². The minimum atomic E-state index is 0.322. The second kappa shape index (κ2) is 6.33. The van der Waals surface area contributed by atoms with Gasteiger partial charge in [-0.05, 0) is 19.1 Å². The second-order valence-electron chi connectivity index (χ2n) is 3.50. The van der Waals surface area contributed by atoms with Crippen molar-refractivity contribution in [1.82, 2.24) is 9.97 Å². The Hall–Kier alpha value is -1.65. The molecule has 0 aliphatic carbocycles. The molecule has 18 heavy (non-hydrogen) atoms. The molecule has 0 saturated heterocycles. The number of halogens is 1. The minimum absolute atomic E-state index is 0.322. The van der Waals surface area contributed by atoms with E-state index in [0.717, 1.165) is 0 Å². The number of para-hydroxylation sites is 1. The highest BCUT2D eigenvalue weighted by molar-refractivity contribution is 6.29. The van der Waals surface area contributed by atoms with E-state index in [1.807, 2.05) is 37.3 Å². The van der Waals surface area contributed by atoms with Crippen LogP contribution in [0.3, 0.4) is 0 Å². The third kappa shape index (κ3) is 3.68. The summed E-state index contributed by atoms with van der Waals surface area (Å²) in [6.45, 7) is 2.83. The molecule has 0 unspecified atom stereocenters. The van der Waals surface area contributed by atoms with E-state index in [2.05, 4.69) is 9.97 Å². The van der Waals surface area contributed by atoms with E-state index >= 15 is 0 Å². The van der Waals surface area contributed by atoms with Gasteiger partial charge in [0, 0.05) is 12.7 Å². The van der Waals surface area contributed by atoms with Crippen molar-refractivity contribution in [3.05, 3.63) is 47.4 Å². The molecular formula is C13H13ClN2O2. The number of nitrogens with zero attached hydrogens (tertiary/aromatic N) is 2. The lowest BCUT2D eigenvalue weighted by Gasteiger charge is -2.06. The quantitative estimate of drug-likeness (QED) is 0.776. The van der Waals surface area contributed by atoms with Crippen molar-refractivity contribution in [1.29, 1.82) is 0 Å². The van der Waals surface area contributed by atoms with Crippen molar-refractivity contribution in [2.24, 2.45) is 0 Å². The summed E-state index contributed by atoms with van der Waals surface area (Å²) < 4.78 is 10.8. The molecule has 1 aromatic heterocycles. The molecule has 5 heteroatoms. The van der Waals surface area contributed by atoms with Gasteiger partial charge in [0.25, 0.3) is 0 Å². The Morgan fingerprint density at radius 2 is 1.94 bits per heavy atom. The molecule has 0 N–H and O–H groups in total. The third-order valence-electron chi connectivity index (χ3n) is 2.12. The number of ether oxygens (including phenoxy) is 2. The van der Waals surface area contributed by atoms with Crippen LogP contribution in [0.2, 0.25) is 5.15 Å². The van der Waals surface area contributed by atoms with Gasteiger partial charge in [0.2, 0.25) is 5.88 Å². The van der Waals surface area contributed by atoms with Crippen molar-refractivity contribution in [3.63, 3.8) is 0 Å². The normalized spacial score (nSPS) is 10.3. The zero-order chi connectivity index (χ0) is 12.8. The molecule has 2 rings (SSSR count). The Kier molecular flexibility index (Phi) is 4.50. The summed E-state index contributed by atoms with van der Waals surface area (Å²) in [7, 11) is 0. The van der Waals surface area contributed by atoms with Gasteiger partial charge in [-0.3, -0.25) is 0 Å². The van der Waals surface area contributed by atoms with Crippen LogP contribution < -0.4 is 4.74 Å². The number of rotatable bonds is 5. The van der Waals surface area contributed by atoms with E-state index < -0.39 is 0 Å². The van der Waals surface area contributed by atoms with E-state index in [9.17, 15) is 0 Å². The molecule has 4 nitrogen and oxygen atoms in total. The van der Waals surface area contributed by atoms with Crippen LogP contribution in [0, 0.1) is 0 Å². The lowest BCUT2D eigenvalue weighted by atomic mass is 10.3. The van der Waals surface area contributed by atoms with Crippen molar-refractivity contribution in [2.75, 3.05) is 6.61 Å². The van der Waals surface area contributed by atoms with Crippen molar-refractivity contribution < 1.29 is 9.47 Å². The topological polar surface area (TPSA) is 44.2 Å². The maximum Gasteiger partial charge on any atom is 0.224 e. The molecule has 0 bridgehead atoms. The van der Waals surface area contributed by atoms with E-state index in [4.69, 9.17) is 21.1 Å². The highest BCUT2D eigenvalue weighted by Gasteiger charge is 2.05. The van der Waals surface area contributed by atoms with Gasteiger partial charge < -0.3 is 9.47 Å². The Morgan fingerprint density at radius 1 is 1.17 bits per heavy atom. The summed E-state index contributed by atoms with van der Waals surface area (Å²) in [5, 5.41) is 0.339. The fourth-order valence-electron chi connectivity index (χ4n) is 1.36. The standard InChI is InChI=1S/C13H13ClN2O2/c1-2-17-9-12-15-11(14)8-13(16-12)18-10-6-4-3-5-7-10/h3-8H,2,9H2,1H3. The first-order valence-electron chi connectivity index (χ1n) is 5.62. The number of hydrogen-bond acceptors (Lipinski definition) is 4. The predicted octanol–water partition coefficient (Wildman–Crippen LogP) is 3.46. The third-order valence-corrected chi connectivity index (χ3v) is 2.31. The molecule has 0 aliphatic heterocycles. The van der Waals surface area contributed by atoms with Crippen molar-refractivity contribution in [3.8, 4) is 11.6 Å². The summed E-state index contributed by atoms with van der Waals surface area (Å²) in [5.74, 6) is 1.63. The Labute approximate surface area is 111 Å². The largest absolute Gasteiger partial charge is 0.439 e. The van der Waals surface area contributed by atoms with Gasteiger partial charge in [0.1, 0.15) is 17.5 Å². The fourth-order valence-corrected chi connectivity index (χ4v) is 1.55. The monoisotopic (exact) mass is 264 g/mol. The van der Waals surface area contributed by atoms with Crippen LogP contribution >= 0.6 is 11.6 Å². The van der Waals surface area contributed by atoms with E-state index in [1.165, 1.54) is 0 Å². The van der Waals surface area contributed by atoms with E-state index in [1.54, 1.807) is 6.07 Å². The number of hydrogen-bond donors (Lipinski definition) is 0. The molecule has 1 aromatic carbocycles. The van der Waals surface area contributed by atoms with Crippen LogP contribution in [0.4, 0.5) is 0 Å². The summed E-state index contributed by atoms with van der Waals surface area (Å²) in [5.41, 5.74) is 0. The highest BCUT2D eigenvalue weighted by Crippen LogP contribution is 2.21. The average Bonchev–Trinajstić information content (AvgIpc) is 2.37. The molecule has 0 aliphatic rings. The van der Waals surface area contributed by atoms with Crippen LogP contribution in [-0.4, -0.2) is 16.6 Å². The summed E-state index contributed by atoms with van der Waals surface area (Å²) in [6, 6.07) is 11.0. The zero-order valence-corrected chi connectivity index (χ0v) is 10.7. The molecule has 0 fully saturated rings. The van der Waals surface area contributed by atoms with Crippen molar-refractivity contribution in [2.45, 2.75) is 13.5 Å². The summed E-state index contributed by atoms with van der Waals surface area (Å²) in [4.78, 5) is 8.29. The molecular weight excluding hydrogens is 252 g/mol. The second-order valence-corrected chi connectivity index (χ2v) is 3.88. The number of aromatic nitrogens is 2. The van der Waals surface area contributed by atoms with Crippen molar-refractivity contribution >= 4 is 11.6 Å².